The monoisotopic (exact) mass is 256 g/mol. The summed E-state index contributed by atoms with van der Waals surface area (Å²) in [5.74, 6) is 0.260. The lowest BCUT2D eigenvalue weighted by Crippen LogP contribution is -2.50. The molecule has 4 nitrogen and oxygen atoms in total. The molecule has 0 aromatic carbocycles. The molecule has 0 unspecified atom stereocenters. The van der Waals surface area contributed by atoms with Crippen LogP contribution in [0.1, 0.15) is 33.6 Å². The van der Waals surface area contributed by atoms with Crippen LogP contribution in [0.3, 0.4) is 0 Å². The highest BCUT2D eigenvalue weighted by molar-refractivity contribution is 5.81. The van der Waals surface area contributed by atoms with Crippen molar-refractivity contribution in [2.75, 3.05) is 40.4 Å². The third-order valence-corrected chi connectivity index (χ3v) is 3.32. The minimum atomic E-state index is -0.301. The normalized spacial score (nSPS) is 18.1. The summed E-state index contributed by atoms with van der Waals surface area (Å²) < 4.78 is 5.39. The highest BCUT2D eigenvalue weighted by Crippen LogP contribution is 2.23. The van der Waals surface area contributed by atoms with Gasteiger partial charge in [-0.3, -0.25) is 4.79 Å². The summed E-state index contributed by atoms with van der Waals surface area (Å²) in [6.45, 7) is 9.28. The van der Waals surface area contributed by atoms with Crippen molar-refractivity contribution >= 4 is 5.91 Å². The van der Waals surface area contributed by atoms with Crippen molar-refractivity contribution in [2.45, 2.75) is 39.7 Å². The standard InChI is InChI=1S/C14H28N2O2/c1-14(2,3)13(17)16(9-8-15(4)5)12-6-10-18-11-7-12/h12H,6-11H2,1-5H3. The van der Waals surface area contributed by atoms with E-state index in [1.165, 1.54) is 0 Å². The minimum Gasteiger partial charge on any atom is -0.381 e. The first-order chi connectivity index (χ1) is 8.32. The third kappa shape index (κ3) is 4.58. The van der Waals surface area contributed by atoms with E-state index in [0.29, 0.717) is 6.04 Å². The predicted molar refractivity (Wildman–Crippen MR) is 73.6 cm³/mol. The third-order valence-electron chi connectivity index (χ3n) is 3.32. The van der Waals surface area contributed by atoms with Gasteiger partial charge in [0.1, 0.15) is 0 Å². The Hall–Kier alpha value is -0.610. The van der Waals surface area contributed by atoms with Crippen LogP contribution < -0.4 is 0 Å². The molecular formula is C14H28N2O2. The molecule has 1 amide bonds. The van der Waals surface area contributed by atoms with Crippen LogP contribution in [0.5, 0.6) is 0 Å². The second-order valence-corrected chi connectivity index (χ2v) is 6.40. The first kappa shape index (κ1) is 15.4. The largest absolute Gasteiger partial charge is 0.381 e. The maximum atomic E-state index is 12.5. The lowest BCUT2D eigenvalue weighted by atomic mass is 9.92. The zero-order chi connectivity index (χ0) is 13.8. The highest BCUT2D eigenvalue weighted by atomic mass is 16.5. The molecule has 18 heavy (non-hydrogen) atoms. The quantitative estimate of drug-likeness (QED) is 0.766. The number of likely N-dealkylation sites (N-methyl/N-ethyl adjacent to an activating group) is 1. The maximum Gasteiger partial charge on any atom is 0.228 e. The van der Waals surface area contributed by atoms with Gasteiger partial charge >= 0.3 is 0 Å². The summed E-state index contributed by atoms with van der Waals surface area (Å²) in [5, 5.41) is 0. The molecule has 0 aromatic heterocycles. The van der Waals surface area contributed by atoms with E-state index in [1.807, 2.05) is 34.9 Å². The second kappa shape index (κ2) is 6.53. The molecule has 0 N–H and O–H groups in total. The van der Waals surface area contributed by atoms with E-state index < -0.39 is 0 Å². The summed E-state index contributed by atoms with van der Waals surface area (Å²) in [7, 11) is 4.09. The Labute approximate surface area is 111 Å². The van der Waals surface area contributed by atoms with Gasteiger partial charge in [0.2, 0.25) is 5.91 Å². The van der Waals surface area contributed by atoms with Crippen LogP contribution in [-0.2, 0) is 9.53 Å². The Morgan fingerprint density at radius 2 is 1.72 bits per heavy atom. The molecule has 1 aliphatic heterocycles. The Morgan fingerprint density at radius 1 is 1.17 bits per heavy atom. The van der Waals surface area contributed by atoms with Crippen LogP contribution in [-0.4, -0.2) is 62.1 Å². The first-order valence-electron chi connectivity index (χ1n) is 6.86. The molecule has 1 rings (SSSR count). The average Bonchev–Trinajstić information content (AvgIpc) is 2.29. The molecule has 1 saturated heterocycles. The Kier molecular flexibility index (Phi) is 5.60. The van der Waals surface area contributed by atoms with Crippen LogP contribution in [0.2, 0.25) is 0 Å². The molecule has 0 spiro atoms. The van der Waals surface area contributed by atoms with Crippen LogP contribution in [0.4, 0.5) is 0 Å². The molecule has 106 valence electrons. The number of rotatable bonds is 4. The van der Waals surface area contributed by atoms with Crippen molar-refractivity contribution in [2.24, 2.45) is 5.41 Å². The Morgan fingerprint density at radius 3 is 2.17 bits per heavy atom. The number of carbonyl (C=O) groups is 1. The van der Waals surface area contributed by atoms with Crippen molar-refractivity contribution in [3.8, 4) is 0 Å². The lowest BCUT2D eigenvalue weighted by molar-refractivity contribution is -0.144. The van der Waals surface area contributed by atoms with Gasteiger partial charge in [0.15, 0.2) is 0 Å². The van der Waals surface area contributed by atoms with Crippen LogP contribution >= 0.6 is 0 Å². The van der Waals surface area contributed by atoms with E-state index in [4.69, 9.17) is 4.74 Å². The van der Waals surface area contributed by atoms with Gasteiger partial charge in [0.25, 0.3) is 0 Å². The summed E-state index contributed by atoms with van der Waals surface area (Å²) in [6.07, 6.45) is 1.94. The van der Waals surface area contributed by atoms with Gasteiger partial charge in [0.05, 0.1) is 0 Å². The molecule has 0 aliphatic carbocycles. The van der Waals surface area contributed by atoms with Crippen molar-refractivity contribution in [1.29, 1.82) is 0 Å². The molecule has 0 radical (unpaired) electrons. The fraction of sp³-hybridized carbons (Fsp3) is 0.929. The number of amides is 1. The molecule has 0 atom stereocenters. The van der Waals surface area contributed by atoms with Crippen molar-refractivity contribution in [1.82, 2.24) is 9.80 Å². The number of hydrogen-bond acceptors (Lipinski definition) is 3. The fourth-order valence-electron chi connectivity index (χ4n) is 2.19. The highest BCUT2D eigenvalue weighted by Gasteiger charge is 2.32. The fourth-order valence-corrected chi connectivity index (χ4v) is 2.19. The van der Waals surface area contributed by atoms with E-state index in [1.54, 1.807) is 0 Å². The predicted octanol–water partition coefficient (Wildman–Crippen LogP) is 1.60. The number of ether oxygens (including phenoxy) is 1. The minimum absolute atomic E-state index is 0.260. The lowest BCUT2D eigenvalue weighted by Gasteiger charge is -2.38. The summed E-state index contributed by atoms with van der Waals surface area (Å²) in [4.78, 5) is 16.7. The molecule has 0 saturated carbocycles. The molecule has 4 heteroatoms. The molecule has 1 fully saturated rings. The van der Waals surface area contributed by atoms with Crippen LogP contribution in [0.15, 0.2) is 0 Å². The van der Waals surface area contributed by atoms with Gasteiger partial charge in [-0.1, -0.05) is 20.8 Å². The van der Waals surface area contributed by atoms with Gasteiger partial charge < -0.3 is 14.5 Å². The SMILES string of the molecule is CN(C)CCN(C(=O)C(C)(C)C)C1CCOCC1. The zero-order valence-electron chi connectivity index (χ0n) is 12.5. The number of nitrogens with zero attached hydrogens (tertiary/aromatic N) is 2. The Bertz CT molecular complexity index is 265. The van der Waals surface area contributed by atoms with Gasteiger partial charge in [-0.2, -0.15) is 0 Å². The van der Waals surface area contributed by atoms with Gasteiger partial charge in [-0.05, 0) is 26.9 Å². The van der Waals surface area contributed by atoms with E-state index >= 15 is 0 Å². The van der Waals surface area contributed by atoms with E-state index in [0.717, 1.165) is 39.1 Å². The average molecular weight is 256 g/mol. The van der Waals surface area contributed by atoms with Gasteiger partial charge in [-0.15, -0.1) is 0 Å². The van der Waals surface area contributed by atoms with E-state index in [-0.39, 0.29) is 11.3 Å². The molecule has 1 heterocycles. The maximum absolute atomic E-state index is 12.5. The van der Waals surface area contributed by atoms with Crippen LogP contribution in [0, 0.1) is 5.41 Å². The second-order valence-electron chi connectivity index (χ2n) is 6.40. The van der Waals surface area contributed by atoms with Gasteiger partial charge in [0, 0.05) is 37.8 Å². The number of carbonyl (C=O) groups excluding carboxylic acids is 1. The molecule has 0 aromatic rings. The Balaban J connectivity index is 2.70. The summed E-state index contributed by atoms with van der Waals surface area (Å²) in [5.41, 5.74) is -0.301. The first-order valence-corrected chi connectivity index (χ1v) is 6.86. The van der Waals surface area contributed by atoms with Crippen molar-refractivity contribution in [3.63, 3.8) is 0 Å². The van der Waals surface area contributed by atoms with Crippen molar-refractivity contribution < 1.29 is 9.53 Å². The zero-order valence-corrected chi connectivity index (χ0v) is 12.5. The molecular weight excluding hydrogens is 228 g/mol. The van der Waals surface area contributed by atoms with E-state index in [9.17, 15) is 4.79 Å². The smallest absolute Gasteiger partial charge is 0.228 e. The number of hydrogen-bond donors (Lipinski definition) is 0. The molecule has 0 bridgehead atoms. The van der Waals surface area contributed by atoms with Crippen LogP contribution in [0.25, 0.3) is 0 Å². The summed E-state index contributed by atoms with van der Waals surface area (Å²) in [6, 6.07) is 0.352. The van der Waals surface area contributed by atoms with E-state index in [2.05, 4.69) is 9.80 Å². The topological polar surface area (TPSA) is 32.8 Å². The van der Waals surface area contributed by atoms with Gasteiger partial charge in [-0.25, -0.2) is 0 Å². The molecule has 1 aliphatic rings. The summed E-state index contributed by atoms with van der Waals surface area (Å²) >= 11 is 0. The van der Waals surface area contributed by atoms with Crippen molar-refractivity contribution in [3.05, 3.63) is 0 Å².